The Bertz CT molecular complexity index is 975. The molecule has 1 amide bonds. The molecule has 0 radical (unpaired) electrons. The fraction of sp³-hybridized carbons (Fsp3) is 0.261. The van der Waals surface area contributed by atoms with Gasteiger partial charge in [0.25, 0.3) is 0 Å². The molecular formula is C23H22N2O4. The lowest BCUT2D eigenvalue weighted by atomic mass is 10.2. The van der Waals surface area contributed by atoms with E-state index in [1.165, 1.54) is 0 Å². The van der Waals surface area contributed by atoms with E-state index in [1.54, 1.807) is 11.0 Å². The first-order valence-electron chi connectivity index (χ1n) is 9.80. The predicted octanol–water partition coefficient (Wildman–Crippen LogP) is 3.95. The Morgan fingerprint density at radius 2 is 1.86 bits per heavy atom. The van der Waals surface area contributed by atoms with Gasteiger partial charge in [-0.25, -0.2) is 9.79 Å². The van der Waals surface area contributed by atoms with Crippen LogP contribution in [0, 0.1) is 0 Å². The van der Waals surface area contributed by atoms with Crippen molar-refractivity contribution in [1.82, 2.24) is 0 Å². The molecule has 29 heavy (non-hydrogen) atoms. The number of ether oxygens (including phenoxy) is 2. The summed E-state index contributed by atoms with van der Waals surface area (Å²) in [5.41, 5.74) is 2.64. The summed E-state index contributed by atoms with van der Waals surface area (Å²) in [5.74, 6) is 0.719. The number of nitrogens with zero attached hydrogens (tertiary/aromatic N) is 2. The van der Waals surface area contributed by atoms with Gasteiger partial charge in [-0.3, -0.25) is 4.79 Å². The molecule has 2 aliphatic rings. The van der Waals surface area contributed by atoms with Crippen molar-refractivity contribution in [3.05, 3.63) is 65.4 Å². The minimum Gasteiger partial charge on any atom is -0.494 e. The zero-order chi connectivity index (χ0) is 20.2. The number of carbonyl (C=O) groups excluding carboxylic acids is 2. The summed E-state index contributed by atoms with van der Waals surface area (Å²) in [4.78, 5) is 30.2. The van der Waals surface area contributed by atoms with Crippen LogP contribution in [0.4, 0.5) is 5.69 Å². The zero-order valence-electron chi connectivity index (χ0n) is 16.3. The van der Waals surface area contributed by atoms with Crippen LogP contribution in [-0.4, -0.2) is 30.9 Å². The van der Waals surface area contributed by atoms with Gasteiger partial charge in [0.1, 0.15) is 5.75 Å². The topological polar surface area (TPSA) is 68.2 Å². The first kappa shape index (κ1) is 18.9. The minimum absolute atomic E-state index is 0.138. The van der Waals surface area contributed by atoms with E-state index in [0.29, 0.717) is 18.6 Å². The smallest absolute Gasteiger partial charge is 0.363 e. The largest absolute Gasteiger partial charge is 0.494 e. The first-order valence-corrected chi connectivity index (χ1v) is 9.80. The van der Waals surface area contributed by atoms with Gasteiger partial charge in [0, 0.05) is 24.2 Å². The van der Waals surface area contributed by atoms with Gasteiger partial charge >= 0.3 is 5.97 Å². The zero-order valence-corrected chi connectivity index (χ0v) is 16.3. The second kappa shape index (κ2) is 8.31. The number of benzene rings is 2. The molecule has 1 saturated heterocycles. The van der Waals surface area contributed by atoms with Crippen LogP contribution in [0.1, 0.15) is 37.3 Å². The van der Waals surface area contributed by atoms with Gasteiger partial charge < -0.3 is 14.4 Å². The van der Waals surface area contributed by atoms with E-state index in [0.717, 1.165) is 36.4 Å². The van der Waals surface area contributed by atoms with Crippen molar-refractivity contribution in [3.8, 4) is 5.75 Å². The van der Waals surface area contributed by atoms with E-state index in [9.17, 15) is 9.59 Å². The Hall–Kier alpha value is -3.41. The fourth-order valence-electron chi connectivity index (χ4n) is 3.28. The van der Waals surface area contributed by atoms with Crippen molar-refractivity contribution >= 4 is 29.5 Å². The highest BCUT2D eigenvalue weighted by molar-refractivity contribution is 6.13. The normalized spacial score (nSPS) is 17.6. The van der Waals surface area contributed by atoms with Crippen LogP contribution in [0.2, 0.25) is 0 Å². The van der Waals surface area contributed by atoms with Crippen LogP contribution < -0.4 is 9.64 Å². The Morgan fingerprint density at radius 3 is 2.52 bits per heavy atom. The average molecular weight is 390 g/mol. The number of hydrogen-bond acceptors (Lipinski definition) is 5. The molecule has 6 nitrogen and oxygen atoms in total. The van der Waals surface area contributed by atoms with Crippen LogP contribution in [0.15, 0.2) is 59.2 Å². The molecule has 4 rings (SSSR count). The lowest BCUT2D eigenvalue weighted by Gasteiger charge is -2.15. The van der Waals surface area contributed by atoms with Gasteiger partial charge in [-0.05, 0) is 60.9 Å². The molecule has 0 spiro atoms. The minimum atomic E-state index is -0.481. The maximum absolute atomic E-state index is 12.2. The molecule has 2 aliphatic heterocycles. The molecule has 0 N–H and O–H groups in total. The number of amides is 1. The van der Waals surface area contributed by atoms with Gasteiger partial charge in [0.15, 0.2) is 5.70 Å². The second-order valence-electron chi connectivity index (χ2n) is 6.95. The van der Waals surface area contributed by atoms with E-state index in [-0.39, 0.29) is 17.5 Å². The van der Waals surface area contributed by atoms with Gasteiger partial charge in [0.2, 0.25) is 11.8 Å². The van der Waals surface area contributed by atoms with Gasteiger partial charge in [-0.2, -0.15) is 0 Å². The van der Waals surface area contributed by atoms with E-state index in [4.69, 9.17) is 9.47 Å². The third-order valence-corrected chi connectivity index (χ3v) is 4.78. The number of carbonyl (C=O) groups is 2. The second-order valence-corrected chi connectivity index (χ2v) is 6.95. The molecule has 148 valence electrons. The standard InChI is InChI=1S/C23H22N2O4/c1-2-14-28-19-11-5-16(6-12-19)15-20-23(27)29-22(24-20)17-7-9-18(10-8-17)25-13-3-4-21(25)26/h5-12,15H,2-4,13-14H2,1H3/b20-15-. The van der Waals surface area contributed by atoms with E-state index in [2.05, 4.69) is 11.9 Å². The molecular weight excluding hydrogens is 368 g/mol. The maximum atomic E-state index is 12.2. The Balaban J connectivity index is 1.49. The van der Waals surface area contributed by atoms with E-state index < -0.39 is 5.97 Å². The SMILES string of the molecule is CCCOc1ccc(/C=C2\N=C(c3ccc(N4CCCC4=O)cc3)OC2=O)cc1. The summed E-state index contributed by atoms with van der Waals surface area (Å²) in [5, 5.41) is 0. The summed E-state index contributed by atoms with van der Waals surface area (Å²) in [7, 11) is 0. The van der Waals surface area contributed by atoms with E-state index in [1.807, 2.05) is 48.5 Å². The summed E-state index contributed by atoms with van der Waals surface area (Å²) in [6.45, 7) is 3.47. The van der Waals surface area contributed by atoms with Crippen molar-refractivity contribution in [2.24, 2.45) is 4.99 Å². The van der Waals surface area contributed by atoms with Crippen molar-refractivity contribution in [3.63, 3.8) is 0 Å². The monoisotopic (exact) mass is 390 g/mol. The van der Waals surface area contributed by atoms with Crippen molar-refractivity contribution in [1.29, 1.82) is 0 Å². The summed E-state index contributed by atoms with van der Waals surface area (Å²) < 4.78 is 10.9. The number of rotatable bonds is 6. The Kier molecular flexibility index (Phi) is 5.42. The molecule has 0 aliphatic carbocycles. The number of cyclic esters (lactones) is 1. The fourth-order valence-corrected chi connectivity index (χ4v) is 3.28. The molecule has 6 heteroatoms. The molecule has 1 fully saturated rings. The summed E-state index contributed by atoms with van der Waals surface area (Å²) in [6.07, 6.45) is 4.11. The van der Waals surface area contributed by atoms with Gasteiger partial charge in [0.05, 0.1) is 6.61 Å². The highest BCUT2D eigenvalue weighted by Gasteiger charge is 2.25. The maximum Gasteiger partial charge on any atom is 0.363 e. The number of anilines is 1. The van der Waals surface area contributed by atoms with Crippen LogP contribution >= 0.6 is 0 Å². The lowest BCUT2D eigenvalue weighted by molar-refractivity contribution is -0.130. The summed E-state index contributed by atoms with van der Waals surface area (Å²) in [6, 6.07) is 14.8. The molecule has 0 bridgehead atoms. The molecule has 0 unspecified atom stereocenters. The predicted molar refractivity (Wildman–Crippen MR) is 111 cm³/mol. The van der Waals surface area contributed by atoms with Crippen LogP contribution in [0.25, 0.3) is 6.08 Å². The highest BCUT2D eigenvalue weighted by Crippen LogP contribution is 2.24. The quantitative estimate of drug-likeness (QED) is 0.553. The number of aliphatic imine (C=N–C) groups is 1. The van der Waals surface area contributed by atoms with Crippen LogP contribution in [0.3, 0.4) is 0 Å². The Morgan fingerprint density at radius 1 is 1.10 bits per heavy atom. The van der Waals surface area contributed by atoms with Crippen LogP contribution in [0.5, 0.6) is 5.75 Å². The van der Waals surface area contributed by atoms with Crippen LogP contribution in [-0.2, 0) is 14.3 Å². The number of esters is 1. The molecule has 2 aromatic carbocycles. The van der Waals surface area contributed by atoms with E-state index >= 15 is 0 Å². The molecule has 2 aromatic rings. The van der Waals surface area contributed by atoms with Gasteiger partial charge in [-0.15, -0.1) is 0 Å². The Labute approximate surface area is 169 Å². The van der Waals surface area contributed by atoms with Crippen molar-refractivity contribution in [2.75, 3.05) is 18.1 Å². The lowest BCUT2D eigenvalue weighted by Crippen LogP contribution is -2.23. The highest BCUT2D eigenvalue weighted by atomic mass is 16.6. The molecule has 2 heterocycles. The first-order chi connectivity index (χ1) is 14.1. The third kappa shape index (κ3) is 4.21. The third-order valence-electron chi connectivity index (χ3n) is 4.78. The van der Waals surface area contributed by atoms with Crippen molar-refractivity contribution in [2.45, 2.75) is 26.2 Å². The average Bonchev–Trinajstić information content (AvgIpc) is 3.33. The molecule has 0 saturated carbocycles. The van der Waals surface area contributed by atoms with Gasteiger partial charge in [-0.1, -0.05) is 19.1 Å². The van der Waals surface area contributed by atoms with Crippen molar-refractivity contribution < 1.29 is 19.1 Å². The molecule has 0 atom stereocenters. The number of hydrogen-bond donors (Lipinski definition) is 0. The molecule has 0 aromatic heterocycles. The summed E-state index contributed by atoms with van der Waals surface area (Å²) >= 11 is 0.